The van der Waals surface area contributed by atoms with Gasteiger partial charge in [-0.25, -0.2) is 9.98 Å². The SMILES string of the molecule is Cc1ccccc1C1(C)N=c2ncccc2=CN1C. The fourth-order valence-electron chi connectivity index (χ4n) is 2.58. The van der Waals surface area contributed by atoms with Crippen molar-refractivity contribution in [2.75, 3.05) is 7.05 Å². The molecule has 1 aromatic heterocycles. The number of aromatic nitrogens is 1. The molecule has 1 unspecified atom stereocenters. The molecule has 0 radical (unpaired) electrons. The fourth-order valence-corrected chi connectivity index (χ4v) is 2.58. The van der Waals surface area contributed by atoms with Crippen LogP contribution in [0, 0.1) is 6.92 Å². The molecule has 0 saturated heterocycles. The molecule has 3 nitrogen and oxygen atoms in total. The normalized spacial score (nSPS) is 21.3. The Labute approximate surface area is 112 Å². The minimum atomic E-state index is -0.396. The predicted molar refractivity (Wildman–Crippen MR) is 75.8 cm³/mol. The summed E-state index contributed by atoms with van der Waals surface area (Å²) in [4.78, 5) is 11.4. The highest BCUT2D eigenvalue weighted by Gasteiger charge is 2.32. The van der Waals surface area contributed by atoms with Gasteiger partial charge >= 0.3 is 0 Å². The third-order valence-electron chi connectivity index (χ3n) is 3.82. The van der Waals surface area contributed by atoms with Crippen LogP contribution in [0.5, 0.6) is 0 Å². The average Bonchev–Trinajstić information content (AvgIpc) is 2.40. The molecule has 0 N–H and O–H groups in total. The van der Waals surface area contributed by atoms with E-state index in [4.69, 9.17) is 4.99 Å². The van der Waals surface area contributed by atoms with Crippen LogP contribution >= 0.6 is 0 Å². The van der Waals surface area contributed by atoms with Gasteiger partial charge in [0.1, 0.15) is 0 Å². The summed E-state index contributed by atoms with van der Waals surface area (Å²) in [6.45, 7) is 4.25. The van der Waals surface area contributed by atoms with E-state index < -0.39 is 5.66 Å². The first-order valence-corrected chi connectivity index (χ1v) is 6.43. The molecule has 0 aliphatic carbocycles. The first kappa shape index (κ1) is 11.9. The zero-order valence-electron chi connectivity index (χ0n) is 11.5. The molecule has 2 heterocycles. The van der Waals surface area contributed by atoms with E-state index in [0.717, 1.165) is 10.7 Å². The van der Waals surface area contributed by atoms with Gasteiger partial charge in [-0.2, -0.15) is 0 Å². The number of hydrogen-bond acceptors (Lipinski definition) is 3. The van der Waals surface area contributed by atoms with E-state index in [-0.39, 0.29) is 0 Å². The third kappa shape index (κ3) is 1.82. The molecule has 0 saturated carbocycles. The van der Waals surface area contributed by atoms with Gasteiger partial charge in [0.15, 0.2) is 11.2 Å². The first-order chi connectivity index (χ1) is 9.11. The lowest BCUT2D eigenvalue weighted by Gasteiger charge is -2.37. The Morgan fingerprint density at radius 1 is 1.11 bits per heavy atom. The molecule has 0 spiro atoms. The van der Waals surface area contributed by atoms with E-state index in [2.05, 4.69) is 61.2 Å². The molecule has 0 fully saturated rings. The van der Waals surface area contributed by atoms with E-state index in [9.17, 15) is 0 Å². The smallest absolute Gasteiger partial charge is 0.158 e. The molecule has 1 atom stereocenters. The van der Waals surface area contributed by atoms with Gasteiger partial charge in [-0.05, 0) is 31.5 Å². The maximum Gasteiger partial charge on any atom is 0.158 e. The minimum absolute atomic E-state index is 0.396. The summed E-state index contributed by atoms with van der Waals surface area (Å²) < 4.78 is 0. The number of rotatable bonds is 1. The van der Waals surface area contributed by atoms with Gasteiger partial charge in [-0.3, -0.25) is 0 Å². The largest absolute Gasteiger partial charge is 0.352 e. The number of aryl methyl sites for hydroxylation is 1. The summed E-state index contributed by atoms with van der Waals surface area (Å²) in [6, 6.07) is 12.4. The second-order valence-electron chi connectivity index (χ2n) is 5.10. The Morgan fingerprint density at radius 2 is 1.89 bits per heavy atom. The number of benzene rings is 1. The molecule has 1 aromatic carbocycles. The highest BCUT2D eigenvalue weighted by molar-refractivity contribution is 5.36. The Hall–Kier alpha value is -2.16. The molecule has 96 valence electrons. The summed E-state index contributed by atoms with van der Waals surface area (Å²) in [6.07, 6.45) is 3.90. The molecule has 1 aliphatic rings. The molecular formula is C16H17N3. The van der Waals surface area contributed by atoms with E-state index in [0.29, 0.717) is 0 Å². The fraction of sp³-hybridized carbons (Fsp3) is 0.250. The predicted octanol–water partition coefficient (Wildman–Crippen LogP) is 1.57. The Morgan fingerprint density at radius 3 is 2.68 bits per heavy atom. The zero-order valence-corrected chi connectivity index (χ0v) is 11.5. The molecule has 3 heteroatoms. The molecule has 0 bridgehead atoms. The molecule has 2 aromatic rings. The maximum absolute atomic E-state index is 4.87. The number of pyridine rings is 1. The third-order valence-corrected chi connectivity index (χ3v) is 3.82. The van der Waals surface area contributed by atoms with Crippen LogP contribution in [-0.4, -0.2) is 16.9 Å². The molecular weight excluding hydrogens is 234 g/mol. The van der Waals surface area contributed by atoms with Crippen molar-refractivity contribution in [1.29, 1.82) is 0 Å². The maximum atomic E-state index is 4.87. The second-order valence-corrected chi connectivity index (χ2v) is 5.10. The van der Waals surface area contributed by atoms with Crippen LogP contribution < -0.4 is 10.7 Å². The standard InChI is InChI=1S/C16H17N3/c1-12-7-4-5-9-14(12)16(2)18-15-13(11-19(16)3)8-6-10-17-15/h4-11H,1-3H3. The van der Waals surface area contributed by atoms with Crippen LogP contribution in [0.4, 0.5) is 0 Å². The van der Waals surface area contributed by atoms with Crippen LogP contribution in [-0.2, 0) is 5.66 Å². The van der Waals surface area contributed by atoms with Gasteiger partial charge in [0.05, 0.1) is 0 Å². The topological polar surface area (TPSA) is 28.5 Å². The lowest BCUT2D eigenvalue weighted by molar-refractivity contribution is 0.223. The summed E-state index contributed by atoms with van der Waals surface area (Å²) >= 11 is 0. The zero-order chi connectivity index (χ0) is 13.5. The van der Waals surface area contributed by atoms with Gasteiger partial charge < -0.3 is 4.90 Å². The van der Waals surface area contributed by atoms with Gasteiger partial charge in [-0.15, -0.1) is 0 Å². The molecule has 0 amide bonds. The number of fused-ring (bicyclic) bond motifs is 1. The Bertz CT molecular complexity index is 736. The van der Waals surface area contributed by atoms with Crippen molar-refractivity contribution >= 4 is 6.20 Å². The Balaban J connectivity index is 2.27. The van der Waals surface area contributed by atoms with E-state index in [1.54, 1.807) is 6.20 Å². The van der Waals surface area contributed by atoms with Gasteiger partial charge in [0, 0.05) is 30.2 Å². The summed E-state index contributed by atoms with van der Waals surface area (Å²) in [5.41, 5.74) is 2.87. The van der Waals surface area contributed by atoms with Crippen molar-refractivity contribution in [3.8, 4) is 0 Å². The van der Waals surface area contributed by atoms with Gasteiger partial charge in [0.2, 0.25) is 0 Å². The summed E-state index contributed by atoms with van der Waals surface area (Å²) in [5, 5.41) is 1.07. The van der Waals surface area contributed by atoms with Crippen LogP contribution in [0.3, 0.4) is 0 Å². The van der Waals surface area contributed by atoms with E-state index >= 15 is 0 Å². The van der Waals surface area contributed by atoms with Gasteiger partial charge in [-0.1, -0.05) is 24.3 Å². The van der Waals surface area contributed by atoms with Crippen molar-refractivity contribution in [2.24, 2.45) is 4.99 Å². The van der Waals surface area contributed by atoms with Gasteiger partial charge in [0.25, 0.3) is 0 Å². The van der Waals surface area contributed by atoms with Crippen molar-refractivity contribution in [1.82, 2.24) is 9.88 Å². The highest BCUT2D eigenvalue weighted by Crippen LogP contribution is 2.31. The molecule has 1 aliphatic heterocycles. The number of hydrogen-bond donors (Lipinski definition) is 0. The number of nitrogens with zero attached hydrogens (tertiary/aromatic N) is 3. The second kappa shape index (κ2) is 4.19. The van der Waals surface area contributed by atoms with Crippen molar-refractivity contribution in [3.63, 3.8) is 0 Å². The van der Waals surface area contributed by atoms with E-state index in [1.807, 2.05) is 12.1 Å². The quantitative estimate of drug-likeness (QED) is 0.769. The lowest BCUT2D eigenvalue weighted by Crippen LogP contribution is -2.47. The van der Waals surface area contributed by atoms with Crippen LogP contribution in [0.15, 0.2) is 47.6 Å². The highest BCUT2D eigenvalue weighted by atomic mass is 15.3. The monoisotopic (exact) mass is 251 g/mol. The average molecular weight is 251 g/mol. The first-order valence-electron chi connectivity index (χ1n) is 6.43. The molecule has 19 heavy (non-hydrogen) atoms. The van der Waals surface area contributed by atoms with Crippen molar-refractivity contribution < 1.29 is 0 Å². The summed E-state index contributed by atoms with van der Waals surface area (Å²) in [7, 11) is 2.06. The van der Waals surface area contributed by atoms with Crippen molar-refractivity contribution in [3.05, 3.63) is 64.4 Å². The summed E-state index contributed by atoms with van der Waals surface area (Å²) in [5.74, 6) is 0. The lowest BCUT2D eigenvalue weighted by atomic mass is 9.95. The van der Waals surface area contributed by atoms with Crippen LogP contribution in [0.2, 0.25) is 0 Å². The Kier molecular flexibility index (Phi) is 2.63. The molecule has 3 rings (SSSR count). The van der Waals surface area contributed by atoms with Crippen LogP contribution in [0.25, 0.3) is 6.20 Å². The van der Waals surface area contributed by atoms with E-state index in [1.165, 1.54) is 11.1 Å². The van der Waals surface area contributed by atoms with Crippen LogP contribution in [0.1, 0.15) is 18.1 Å². The van der Waals surface area contributed by atoms with Crippen molar-refractivity contribution in [2.45, 2.75) is 19.5 Å². The minimum Gasteiger partial charge on any atom is -0.352 e.